The Morgan fingerprint density at radius 3 is 2.28 bits per heavy atom. The maximum Gasteiger partial charge on any atom is 0.259 e. The molecule has 130 valence electrons. The van der Waals surface area contributed by atoms with Gasteiger partial charge in [0.05, 0.1) is 12.8 Å². The third-order valence-electron chi connectivity index (χ3n) is 3.54. The first-order valence-corrected chi connectivity index (χ1v) is 7.90. The summed E-state index contributed by atoms with van der Waals surface area (Å²) in [5, 5.41) is 6.45. The molecule has 0 unspecified atom stereocenters. The molecule has 0 aliphatic carbocycles. The van der Waals surface area contributed by atoms with E-state index in [0.29, 0.717) is 5.56 Å². The summed E-state index contributed by atoms with van der Waals surface area (Å²) in [5.74, 6) is -0.681. The molecule has 0 fully saturated rings. The standard InChI is InChI=1S/C19H22N4O2/c1-14-4-8-16(9-5-14)19(25)20-13-18(24)22-21-12-15-6-10-17(11-7-15)23(2)3/h4-12H,13H2,1-3H3,(H,20,25)(H,22,24)/b21-12-. The molecule has 0 aromatic heterocycles. The van der Waals surface area contributed by atoms with Crippen LogP contribution in [0, 0.1) is 6.92 Å². The van der Waals surface area contributed by atoms with Crippen LogP contribution < -0.4 is 15.6 Å². The van der Waals surface area contributed by atoms with E-state index in [1.54, 1.807) is 18.3 Å². The Balaban J connectivity index is 1.78. The van der Waals surface area contributed by atoms with Crippen molar-refractivity contribution < 1.29 is 9.59 Å². The molecule has 2 N–H and O–H groups in total. The van der Waals surface area contributed by atoms with Crippen LogP contribution >= 0.6 is 0 Å². The monoisotopic (exact) mass is 338 g/mol. The molecule has 2 rings (SSSR count). The molecule has 2 aromatic rings. The van der Waals surface area contributed by atoms with Gasteiger partial charge in [-0.05, 0) is 36.8 Å². The van der Waals surface area contributed by atoms with E-state index in [4.69, 9.17) is 0 Å². The Bertz CT molecular complexity index is 750. The number of nitrogens with one attached hydrogen (secondary N) is 2. The summed E-state index contributed by atoms with van der Waals surface area (Å²) in [7, 11) is 3.93. The Hall–Kier alpha value is -3.15. The molecule has 6 nitrogen and oxygen atoms in total. The summed E-state index contributed by atoms with van der Waals surface area (Å²) >= 11 is 0. The van der Waals surface area contributed by atoms with Gasteiger partial charge in [0, 0.05) is 25.3 Å². The molecule has 0 heterocycles. The summed E-state index contributed by atoms with van der Waals surface area (Å²) in [6.45, 7) is 1.81. The van der Waals surface area contributed by atoms with Gasteiger partial charge in [-0.3, -0.25) is 9.59 Å². The lowest BCUT2D eigenvalue weighted by Crippen LogP contribution is -2.34. The fourth-order valence-corrected chi connectivity index (χ4v) is 2.04. The molecular formula is C19H22N4O2. The van der Waals surface area contributed by atoms with Gasteiger partial charge in [-0.1, -0.05) is 29.8 Å². The van der Waals surface area contributed by atoms with Crippen LogP contribution in [0.1, 0.15) is 21.5 Å². The maximum atomic E-state index is 11.9. The second-order valence-corrected chi connectivity index (χ2v) is 5.83. The van der Waals surface area contributed by atoms with Crippen molar-refractivity contribution in [1.29, 1.82) is 0 Å². The average molecular weight is 338 g/mol. The zero-order valence-electron chi connectivity index (χ0n) is 14.6. The largest absolute Gasteiger partial charge is 0.378 e. The van der Waals surface area contributed by atoms with E-state index >= 15 is 0 Å². The Morgan fingerprint density at radius 1 is 1.04 bits per heavy atom. The second-order valence-electron chi connectivity index (χ2n) is 5.83. The molecule has 25 heavy (non-hydrogen) atoms. The number of aryl methyl sites for hydroxylation is 1. The summed E-state index contributed by atoms with van der Waals surface area (Å²) in [5.41, 5.74) is 5.93. The third-order valence-corrected chi connectivity index (χ3v) is 3.54. The van der Waals surface area contributed by atoms with Crippen LogP contribution in [0.15, 0.2) is 53.6 Å². The van der Waals surface area contributed by atoms with E-state index in [9.17, 15) is 9.59 Å². The van der Waals surface area contributed by atoms with Gasteiger partial charge in [0.15, 0.2) is 0 Å². The van der Waals surface area contributed by atoms with Crippen molar-refractivity contribution in [3.63, 3.8) is 0 Å². The van der Waals surface area contributed by atoms with Gasteiger partial charge in [-0.15, -0.1) is 0 Å². The first-order valence-electron chi connectivity index (χ1n) is 7.90. The number of rotatable bonds is 6. The average Bonchev–Trinajstić information content (AvgIpc) is 2.60. The molecule has 0 aliphatic rings. The fraction of sp³-hybridized carbons (Fsp3) is 0.211. The normalized spacial score (nSPS) is 10.5. The van der Waals surface area contributed by atoms with Crippen LogP contribution in [0.25, 0.3) is 0 Å². The molecule has 0 saturated carbocycles. The van der Waals surface area contributed by atoms with Gasteiger partial charge >= 0.3 is 0 Å². The smallest absolute Gasteiger partial charge is 0.259 e. The van der Waals surface area contributed by atoms with Crippen LogP contribution in [0.2, 0.25) is 0 Å². The SMILES string of the molecule is Cc1ccc(C(=O)NCC(=O)N/N=C\c2ccc(N(C)C)cc2)cc1. The number of carbonyl (C=O) groups excluding carboxylic acids is 2. The van der Waals surface area contributed by atoms with Crippen LogP contribution in [0.4, 0.5) is 5.69 Å². The minimum absolute atomic E-state index is 0.135. The highest BCUT2D eigenvalue weighted by molar-refractivity contribution is 5.96. The lowest BCUT2D eigenvalue weighted by Gasteiger charge is -2.11. The van der Waals surface area contributed by atoms with Crippen molar-refractivity contribution >= 4 is 23.7 Å². The molecule has 0 aliphatic heterocycles. The predicted octanol–water partition coefficient (Wildman–Crippen LogP) is 1.94. The van der Waals surface area contributed by atoms with E-state index in [-0.39, 0.29) is 18.4 Å². The topological polar surface area (TPSA) is 73.8 Å². The van der Waals surface area contributed by atoms with E-state index in [2.05, 4.69) is 15.8 Å². The number of hydrogen-bond acceptors (Lipinski definition) is 4. The number of hydrazone groups is 1. The van der Waals surface area contributed by atoms with Gasteiger partial charge < -0.3 is 10.2 Å². The van der Waals surface area contributed by atoms with Crippen molar-refractivity contribution in [3.05, 3.63) is 65.2 Å². The predicted molar refractivity (Wildman–Crippen MR) is 100 cm³/mol. The first-order chi connectivity index (χ1) is 12.0. The first kappa shape index (κ1) is 18.2. The zero-order valence-corrected chi connectivity index (χ0v) is 14.6. The van der Waals surface area contributed by atoms with E-state index in [1.165, 1.54) is 0 Å². The highest BCUT2D eigenvalue weighted by Gasteiger charge is 2.07. The molecule has 2 amide bonds. The number of anilines is 1. The Morgan fingerprint density at radius 2 is 1.68 bits per heavy atom. The molecule has 0 saturated heterocycles. The van der Waals surface area contributed by atoms with Crippen molar-refractivity contribution in [1.82, 2.24) is 10.7 Å². The Labute approximate surface area is 147 Å². The molecule has 2 aromatic carbocycles. The van der Waals surface area contributed by atoms with E-state index in [1.807, 2.05) is 62.3 Å². The van der Waals surface area contributed by atoms with E-state index in [0.717, 1.165) is 16.8 Å². The molecule has 0 bridgehead atoms. The van der Waals surface area contributed by atoms with Gasteiger partial charge in [0.2, 0.25) is 0 Å². The number of nitrogens with zero attached hydrogens (tertiary/aromatic N) is 2. The molecule has 0 radical (unpaired) electrons. The van der Waals surface area contributed by atoms with Gasteiger partial charge in [-0.2, -0.15) is 5.10 Å². The molecule has 0 atom stereocenters. The van der Waals surface area contributed by atoms with Crippen molar-refractivity contribution in [3.8, 4) is 0 Å². The minimum Gasteiger partial charge on any atom is -0.378 e. The fourth-order valence-electron chi connectivity index (χ4n) is 2.04. The number of hydrogen-bond donors (Lipinski definition) is 2. The van der Waals surface area contributed by atoms with Crippen LogP contribution in [-0.2, 0) is 4.79 Å². The van der Waals surface area contributed by atoms with Crippen LogP contribution in [-0.4, -0.2) is 38.7 Å². The number of carbonyl (C=O) groups is 2. The van der Waals surface area contributed by atoms with Gasteiger partial charge in [-0.25, -0.2) is 5.43 Å². The summed E-state index contributed by atoms with van der Waals surface area (Å²) in [6.07, 6.45) is 1.55. The molecule has 6 heteroatoms. The van der Waals surface area contributed by atoms with Crippen molar-refractivity contribution in [2.45, 2.75) is 6.92 Å². The third kappa shape index (κ3) is 5.76. The lowest BCUT2D eigenvalue weighted by molar-refractivity contribution is -0.120. The Kier molecular flexibility index (Phi) is 6.28. The van der Waals surface area contributed by atoms with Crippen molar-refractivity contribution in [2.24, 2.45) is 5.10 Å². The number of amides is 2. The quantitative estimate of drug-likeness (QED) is 0.624. The summed E-state index contributed by atoms with van der Waals surface area (Å²) < 4.78 is 0. The number of benzene rings is 2. The van der Waals surface area contributed by atoms with Crippen LogP contribution in [0.3, 0.4) is 0 Å². The second kappa shape index (κ2) is 8.63. The van der Waals surface area contributed by atoms with Crippen molar-refractivity contribution in [2.75, 3.05) is 25.5 Å². The van der Waals surface area contributed by atoms with Crippen LogP contribution in [0.5, 0.6) is 0 Å². The minimum atomic E-state index is -0.387. The van der Waals surface area contributed by atoms with Gasteiger partial charge in [0.25, 0.3) is 11.8 Å². The maximum absolute atomic E-state index is 11.9. The summed E-state index contributed by atoms with van der Waals surface area (Å²) in [4.78, 5) is 25.6. The highest BCUT2D eigenvalue weighted by Crippen LogP contribution is 2.10. The lowest BCUT2D eigenvalue weighted by atomic mass is 10.1. The highest BCUT2D eigenvalue weighted by atomic mass is 16.2. The zero-order chi connectivity index (χ0) is 18.2. The molecule has 0 spiro atoms. The summed E-state index contributed by atoms with van der Waals surface area (Å²) in [6, 6.07) is 14.9. The van der Waals surface area contributed by atoms with E-state index < -0.39 is 0 Å². The molecular weight excluding hydrogens is 316 g/mol. The van der Waals surface area contributed by atoms with Gasteiger partial charge in [0.1, 0.15) is 0 Å².